The molecule has 2 aromatic rings. The van der Waals surface area contributed by atoms with E-state index in [1.165, 1.54) is 70.1 Å². The van der Waals surface area contributed by atoms with Gasteiger partial charge in [-0.3, -0.25) is 87.1 Å². The second-order valence-electron chi connectivity index (χ2n) is 27.4. The zero-order valence-corrected chi connectivity index (χ0v) is 64.6. The van der Waals surface area contributed by atoms with Crippen molar-refractivity contribution in [3.63, 3.8) is 0 Å². The molecule has 2 saturated heterocycles. The standard InChI is InChI=1S/C73H109N17O20S2/c1-111-112-41-50(74)58(95)18-5-3-2-4-13-49(94)35-45(65(102)80-31-11-9-16-54-71(108)89-56(34-44-22-27-48(93)28-23-44)72(109)90-57(37-64(100)101)67(104)83-39-63(99)84-51(68(105)87-54)14-6-7-19-60(75)76)24-29-61(97)79-30-10-8-15-53-70(107)88-55(33-43-20-25-47(92)26-21-43)59(96)36-46(40-110-42-91)66(103)82-38-62(98)85-52(69(106)86-53)17-12-32-81-73(77)78/h20-23,25-28,42,45-46,50-57,92-93H,2-19,24,29-41,74H2,1H3,(H3,75,76)(H,79,97)(H,80,102)(H,82,103)(H,83,104)(H,84,99)(H,85,98)(H,86,106)(H,87,105)(H,88,107)(H,89,108)(H,90,109)(H,100,101)(H4,77,78,81)/t45?,46-,50?,51-,52-,53?,54?,55+,56+,57-/m1/s1. The number of carbonyl (C=O) groups excluding carboxylic acids is 15. The molecular weight excluding hydrogens is 1500 g/mol. The van der Waals surface area contributed by atoms with Crippen molar-refractivity contribution in [1.82, 2.24) is 58.5 Å². The number of carboxylic acids is 1. The molecule has 4 unspecified atom stereocenters. The smallest absolute Gasteiger partial charge is 0.305 e. The summed E-state index contributed by atoms with van der Waals surface area (Å²) in [6, 6.07) is 0.629. The van der Waals surface area contributed by atoms with Gasteiger partial charge in [0, 0.05) is 76.3 Å². The molecule has 2 fully saturated rings. The molecule has 112 heavy (non-hydrogen) atoms. The van der Waals surface area contributed by atoms with Gasteiger partial charge in [0.1, 0.15) is 65.9 Å². The Kier molecular flexibility index (Phi) is 43.5. The van der Waals surface area contributed by atoms with Gasteiger partial charge in [0.2, 0.25) is 65.0 Å². The second-order valence-corrected chi connectivity index (χ2v) is 30.0. The summed E-state index contributed by atoms with van der Waals surface area (Å²) in [6.07, 6.45) is 3.14. The molecule has 2 aliphatic heterocycles. The average molecular weight is 1610 g/mol. The fraction of sp³-hybridized carbons (Fsp3) is 0.589. The Morgan fingerprint density at radius 1 is 0.580 bits per heavy atom. The van der Waals surface area contributed by atoms with Crippen LogP contribution in [0, 0.1) is 17.2 Å². The van der Waals surface area contributed by atoms with E-state index in [4.69, 9.17) is 33.1 Å². The van der Waals surface area contributed by atoms with Gasteiger partial charge in [-0.15, -0.1) is 0 Å². The van der Waals surface area contributed by atoms with Gasteiger partial charge in [-0.25, -0.2) is 0 Å². The van der Waals surface area contributed by atoms with Gasteiger partial charge < -0.3 is 101 Å². The van der Waals surface area contributed by atoms with E-state index in [1.807, 2.05) is 6.26 Å². The lowest BCUT2D eigenvalue weighted by atomic mass is 9.93. The van der Waals surface area contributed by atoms with Crippen LogP contribution in [-0.2, 0) is 94.3 Å². The normalized spacial score (nSPS) is 20.3. The topological polar surface area (TPSA) is 616 Å². The molecule has 0 spiro atoms. The van der Waals surface area contributed by atoms with Gasteiger partial charge in [-0.2, -0.15) is 0 Å². The number of aliphatic imine (C=N–C) groups is 1. The Bertz CT molecular complexity index is 3550. The summed E-state index contributed by atoms with van der Waals surface area (Å²) >= 11 is 0. The first-order valence-corrected chi connectivity index (χ1v) is 40.1. The molecule has 11 amide bonds. The minimum absolute atomic E-state index is 0.00976. The number of hydrogen-bond donors (Lipinski definition) is 19. The number of carbonyl (C=O) groups is 16. The van der Waals surface area contributed by atoms with Crippen molar-refractivity contribution >= 4 is 128 Å². The van der Waals surface area contributed by atoms with E-state index >= 15 is 0 Å². The Morgan fingerprint density at radius 3 is 1.59 bits per heavy atom. The van der Waals surface area contributed by atoms with Crippen molar-refractivity contribution in [2.75, 3.05) is 51.3 Å². The zero-order valence-electron chi connectivity index (χ0n) is 63.0. The summed E-state index contributed by atoms with van der Waals surface area (Å²) < 4.78 is 4.87. The summed E-state index contributed by atoms with van der Waals surface area (Å²) in [6.45, 7) is -1.91. The van der Waals surface area contributed by atoms with Crippen LogP contribution in [0.5, 0.6) is 11.5 Å². The van der Waals surface area contributed by atoms with E-state index in [9.17, 15) is 92.0 Å². The summed E-state index contributed by atoms with van der Waals surface area (Å²) in [5.74, 6) is -14.1. The largest absolute Gasteiger partial charge is 0.508 e. The van der Waals surface area contributed by atoms with Crippen LogP contribution in [-0.4, -0.2) is 222 Å². The predicted octanol–water partition coefficient (Wildman–Crippen LogP) is -1.51. The van der Waals surface area contributed by atoms with Gasteiger partial charge in [-0.1, -0.05) is 65.1 Å². The van der Waals surface area contributed by atoms with Crippen molar-refractivity contribution in [2.24, 2.45) is 39.8 Å². The molecule has 37 nitrogen and oxygen atoms in total. The number of Topliss-reactive ketones (excluding diaryl/α,β-unsaturated/α-hetero) is 3. The van der Waals surface area contributed by atoms with Crippen molar-refractivity contribution in [3.05, 3.63) is 59.7 Å². The molecule has 2 aromatic carbocycles. The molecular formula is C73H109N17O20S2. The molecule has 0 saturated carbocycles. The molecule has 10 atom stereocenters. The van der Waals surface area contributed by atoms with E-state index < -0.39 is 169 Å². The molecule has 2 aliphatic rings. The maximum Gasteiger partial charge on any atom is 0.305 e. The van der Waals surface area contributed by atoms with Gasteiger partial charge in [-0.05, 0) is 132 Å². The number of guanidine groups is 1. The first-order valence-electron chi connectivity index (χ1n) is 37.3. The Balaban J connectivity index is 1.55. The van der Waals surface area contributed by atoms with E-state index in [0.29, 0.717) is 49.0 Å². The highest BCUT2D eigenvalue weighted by molar-refractivity contribution is 8.76. The number of hydrogen-bond acceptors (Lipinski definition) is 24. The number of nitrogens with one attached hydrogen (secondary N) is 12. The molecule has 4 rings (SSSR count). The molecule has 2 heterocycles. The van der Waals surface area contributed by atoms with Crippen molar-refractivity contribution in [1.29, 1.82) is 5.41 Å². The third-order valence-corrected chi connectivity index (χ3v) is 20.1. The maximum atomic E-state index is 14.5. The molecule has 618 valence electrons. The van der Waals surface area contributed by atoms with E-state index in [2.05, 4.69) is 63.5 Å². The number of phenolic OH excluding ortho intramolecular Hbond substituents is 2. The van der Waals surface area contributed by atoms with Crippen molar-refractivity contribution in [3.8, 4) is 11.5 Å². The molecule has 0 aromatic heterocycles. The lowest BCUT2D eigenvalue weighted by Gasteiger charge is -2.26. The number of aliphatic carboxylic acids is 1. The summed E-state index contributed by atoms with van der Waals surface area (Å²) in [5.41, 5.74) is 23.5. The van der Waals surface area contributed by atoms with Crippen LogP contribution in [0.1, 0.15) is 159 Å². The van der Waals surface area contributed by atoms with Crippen LogP contribution in [0.15, 0.2) is 53.5 Å². The van der Waals surface area contributed by atoms with E-state index in [-0.39, 0.29) is 177 Å². The number of unbranched alkanes of at least 4 members (excludes halogenated alkanes) is 6. The number of aromatic hydroxyl groups is 2. The summed E-state index contributed by atoms with van der Waals surface area (Å²) in [7, 11) is 3.00. The number of benzene rings is 2. The number of nitrogens with two attached hydrogens (primary N) is 4. The molecule has 0 radical (unpaired) electrons. The zero-order chi connectivity index (χ0) is 82.5. The number of ketones is 3. The third kappa shape index (κ3) is 38.0. The first kappa shape index (κ1) is 93.9. The predicted molar refractivity (Wildman–Crippen MR) is 414 cm³/mol. The van der Waals surface area contributed by atoms with Crippen LogP contribution >= 0.6 is 21.6 Å². The third-order valence-electron chi connectivity index (χ3n) is 18.3. The van der Waals surface area contributed by atoms with Crippen LogP contribution in [0.2, 0.25) is 0 Å². The van der Waals surface area contributed by atoms with Gasteiger partial charge in [0.05, 0.1) is 43.3 Å². The number of amidine groups is 1. The number of carboxylic acid groups (broad SMARTS) is 1. The molecule has 0 aliphatic carbocycles. The van der Waals surface area contributed by atoms with Crippen LogP contribution in [0.3, 0.4) is 0 Å². The highest BCUT2D eigenvalue weighted by atomic mass is 33.1. The van der Waals surface area contributed by atoms with E-state index in [0.717, 1.165) is 0 Å². The number of amides is 11. The lowest BCUT2D eigenvalue weighted by molar-refractivity contribution is -0.141. The Labute approximate surface area is 656 Å². The fourth-order valence-electron chi connectivity index (χ4n) is 12.1. The van der Waals surface area contributed by atoms with Gasteiger partial charge in [0.25, 0.3) is 6.47 Å². The van der Waals surface area contributed by atoms with Crippen molar-refractivity contribution < 1.29 is 96.8 Å². The van der Waals surface area contributed by atoms with Gasteiger partial charge >= 0.3 is 5.97 Å². The Hall–Kier alpha value is -10.4. The molecule has 0 bridgehead atoms. The Morgan fingerprint density at radius 2 is 1.05 bits per heavy atom. The first-order chi connectivity index (χ1) is 53.4. The van der Waals surface area contributed by atoms with Crippen LogP contribution < -0.4 is 81.4 Å². The monoisotopic (exact) mass is 1610 g/mol. The minimum atomic E-state index is -1.74. The lowest BCUT2D eigenvalue weighted by Crippen LogP contribution is -2.58. The highest BCUT2D eigenvalue weighted by Crippen LogP contribution is 2.22. The number of rotatable bonds is 45. The molecule has 39 heteroatoms. The number of nitrogens with zero attached hydrogens (tertiary/aromatic N) is 1. The van der Waals surface area contributed by atoms with Crippen LogP contribution in [0.4, 0.5) is 0 Å². The quantitative estimate of drug-likeness (QED) is 0.0118. The second kappa shape index (κ2) is 51.9. The highest BCUT2D eigenvalue weighted by Gasteiger charge is 2.36. The fourth-order valence-corrected chi connectivity index (χ4v) is 13.4. The van der Waals surface area contributed by atoms with Gasteiger partial charge in [0.15, 0.2) is 11.7 Å². The average Bonchev–Trinajstić information content (AvgIpc) is 1.31. The van der Waals surface area contributed by atoms with Crippen LogP contribution in [0.25, 0.3) is 0 Å². The summed E-state index contributed by atoms with van der Waals surface area (Å²) in [5, 5.41) is 65.7. The van der Waals surface area contributed by atoms with E-state index in [1.54, 1.807) is 0 Å². The SMILES string of the molecule is CSSCC(N)C(=O)CCCCCCC(=O)CC(CCC(=O)NCCCCC1NC(=O)[C@@H](CCCN=C(N)N)NC(=O)CNC(=O)[C@@H](COC=O)CC(=O)[C@H](Cc2ccc(O)cc2)NC1=O)C(=O)NCCCCC1NC(=O)[C@@H](CCCCC(=N)N)NC(=O)CNC(=O)[C@@H](CC(=O)O)NC(=O)[C@H](Cc2ccc(O)cc2)NC1=O. The molecule has 23 N–H and O–H groups in total. The van der Waals surface area contributed by atoms with Crippen molar-refractivity contribution in [2.45, 2.75) is 209 Å². The number of ether oxygens (including phenoxy) is 1. The number of phenols is 2. The maximum absolute atomic E-state index is 14.5. The minimum Gasteiger partial charge on any atom is -0.508 e. The summed E-state index contributed by atoms with van der Waals surface area (Å²) in [4.78, 5) is 220.